The highest BCUT2D eigenvalue weighted by Crippen LogP contribution is 2.23. The number of benzene rings is 2. The number of aromatic amines is 1. The van der Waals surface area contributed by atoms with E-state index in [9.17, 15) is 4.79 Å². The van der Waals surface area contributed by atoms with Gasteiger partial charge in [0.25, 0.3) is 0 Å². The number of nitrogens with zero attached hydrogens (tertiary/aromatic N) is 3. The van der Waals surface area contributed by atoms with Crippen molar-refractivity contribution in [3.05, 3.63) is 64.4 Å². The summed E-state index contributed by atoms with van der Waals surface area (Å²) in [4.78, 5) is 15.1. The maximum absolute atomic E-state index is 12.5. The zero-order valence-corrected chi connectivity index (χ0v) is 21.6. The molecular weight excluding hydrogens is 458 g/mol. The van der Waals surface area contributed by atoms with E-state index in [4.69, 9.17) is 17.0 Å². The minimum atomic E-state index is -0.0193. The van der Waals surface area contributed by atoms with Crippen molar-refractivity contribution >= 4 is 18.1 Å². The van der Waals surface area contributed by atoms with Gasteiger partial charge in [-0.1, -0.05) is 38.1 Å². The van der Waals surface area contributed by atoms with Crippen molar-refractivity contribution < 1.29 is 9.53 Å². The van der Waals surface area contributed by atoms with Gasteiger partial charge in [0, 0.05) is 44.7 Å². The molecule has 7 nitrogen and oxygen atoms in total. The van der Waals surface area contributed by atoms with Crippen LogP contribution in [-0.2, 0) is 24.4 Å². The molecule has 2 unspecified atom stereocenters. The Hall–Kier alpha value is -2.97. The number of aromatic nitrogens is 3. The van der Waals surface area contributed by atoms with Crippen LogP contribution in [0.1, 0.15) is 37.8 Å². The normalized spacial score (nSPS) is 18.4. The monoisotopic (exact) mass is 493 g/mol. The van der Waals surface area contributed by atoms with Gasteiger partial charge in [-0.2, -0.15) is 5.10 Å². The fraction of sp³-hybridized carbons (Fsp3) is 0.444. The average molecular weight is 494 g/mol. The minimum Gasteiger partial charge on any atom is -0.497 e. The molecule has 4 rings (SSSR count). The third-order valence-corrected chi connectivity index (χ3v) is 6.84. The molecule has 1 aliphatic rings. The van der Waals surface area contributed by atoms with E-state index < -0.39 is 0 Å². The van der Waals surface area contributed by atoms with Crippen LogP contribution in [0.2, 0.25) is 0 Å². The first-order chi connectivity index (χ1) is 16.9. The highest BCUT2D eigenvalue weighted by Gasteiger charge is 2.21. The summed E-state index contributed by atoms with van der Waals surface area (Å²) in [5, 5.41) is 10.2. The number of hydrogen-bond donors (Lipinski definition) is 2. The van der Waals surface area contributed by atoms with Crippen LogP contribution >= 0.6 is 12.2 Å². The van der Waals surface area contributed by atoms with Crippen LogP contribution in [0, 0.1) is 16.6 Å². The number of piperidine rings is 1. The summed E-state index contributed by atoms with van der Waals surface area (Å²) in [5.41, 5.74) is 3.33. The summed E-state index contributed by atoms with van der Waals surface area (Å²) in [6.45, 7) is 8.98. The van der Waals surface area contributed by atoms with Gasteiger partial charge in [0.15, 0.2) is 10.6 Å². The molecule has 1 fully saturated rings. The van der Waals surface area contributed by atoms with E-state index in [-0.39, 0.29) is 5.91 Å². The van der Waals surface area contributed by atoms with Crippen LogP contribution in [0.5, 0.6) is 5.75 Å². The van der Waals surface area contributed by atoms with E-state index in [1.54, 1.807) is 7.11 Å². The Kier molecular flexibility index (Phi) is 8.36. The molecule has 1 aromatic heterocycles. The first-order valence-electron chi connectivity index (χ1n) is 12.3. The van der Waals surface area contributed by atoms with Gasteiger partial charge in [-0.15, -0.1) is 0 Å². The lowest BCUT2D eigenvalue weighted by molar-refractivity contribution is -0.121. The first-order valence-corrected chi connectivity index (χ1v) is 12.7. The largest absolute Gasteiger partial charge is 0.497 e. The van der Waals surface area contributed by atoms with Crippen LogP contribution in [0.25, 0.3) is 11.4 Å². The Balaban J connectivity index is 1.27. The number of carbonyl (C=O) groups excluding carboxylic acids is 1. The fourth-order valence-corrected chi connectivity index (χ4v) is 5.15. The van der Waals surface area contributed by atoms with Crippen LogP contribution in [0.3, 0.4) is 0 Å². The highest BCUT2D eigenvalue weighted by atomic mass is 32.1. The zero-order chi connectivity index (χ0) is 24.8. The summed E-state index contributed by atoms with van der Waals surface area (Å²) in [6.07, 6.45) is 1.64. The lowest BCUT2D eigenvalue weighted by atomic mass is 9.91. The van der Waals surface area contributed by atoms with Crippen LogP contribution in [-0.4, -0.2) is 45.8 Å². The maximum atomic E-state index is 12.5. The van der Waals surface area contributed by atoms with Gasteiger partial charge in [0.2, 0.25) is 5.91 Å². The van der Waals surface area contributed by atoms with Crippen molar-refractivity contribution in [1.82, 2.24) is 25.0 Å². The third kappa shape index (κ3) is 6.80. The highest BCUT2D eigenvalue weighted by molar-refractivity contribution is 7.71. The minimum absolute atomic E-state index is 0.0193. The van der Waals surface area contributed by atoms with E-state index in [1.807, 2.05) is 28.8 Å². The zero-order valence-electron chi connectivity index (χ0n) is 20.8. The van der Waals surface area contributed by atoms with E-state index >= 15 is 0 Å². The maximum Gasteiger partial charge on any atom is 0.222 e. The van der Waals surface area contributed by atoms with Gasteiger partial charge in [0.1, 0.15) is 5.75 Å². The van der Waals surface area contributed by atoms with E-state index in [2.05, 4.69) is 58.5 Å². The van der Waals surface area contributed by atoms with E-state index in [1.165, 1.54) is 25.1 Å². The van der Waals surface area contributed by atoms with Crippen LogP contribution < -0.4 is 10.1 Å². The number of hydrogen-bond acceptors (Lipinski definition) is 5. The molecule has 35 heavy (non-hydrogen) atoms. The number of H-pyrrole nitrogens is 1. The number of methoxy groups -OCH3 is 1. The van der Waals surface area contributed by atoms with Gasteiger partial charge >= 0.3 is 0 Å². The molecular formula is C27H35N5O2S. The number of amides is 1. The van der Waals surface area contributed by atoms with Crippen molar-refractivity contribution in [2.45, 2.75) is 46.3 Å². The molecule has 3 aromatic rings. The van der Waals surface area contributed by atoms with Gasteiger partial charge in [-0.25, -0.2) is 0 Å². The summed E-state index contributed by atoms with van der Waals surface area (Å²) >= 11 is 5.38. The molecule has 0 saturated carbocycles. The van der Waals surface area contributed by atoms with Crippen molar-refractivity contribution in [3.8, 4) is 17.1 Å². The molecule has 0 aliphatic carbocycles. The average Bonchev–Trinajstić information content (AvgIpc) is 3.22. The SMILES string of the molecule is COc1ccc(-c2n[nH]c(=S)n2CCC(=O)NCc2ccc(CN3CC(C)CC(C)C3)cc2)cc1. The molecule has 2 atom stereocenters. The molecule has 1 amide bonds. The lowest BCUT2D eigenvalue weighted by Gasteiger charge is -2.35. The molecule has 0 spiro atoms. The van der Waals surface area contributed by atoms with Gasteiger partial charge < -0.3 is 10.1 Å². The molecule has 2 N–H and O–H groups in total. The summed E-state index contributed by atoms with van der Waals surface area (Å²) in [7, 11) is 1.63. The third-order valence-electron chi connectivity index (χ3n) is 6.53. The molecule has 0 radical (unpaired) electrons. The summed E-state index contributed by atoms with van der Waals surface area (Å²) in [5.74, 6) is 2.99. The Bertz CT molecular complexity index is 1160. The Morgan fingerprint density at radius 2 is 1.74 bits per heavy atom. The Morgan fingerprint density at radius 3 is 2.40 bits per heavy atom. The summed E-state index contributed by atoms with van der Waals surface area (Å²) in [6, 6.07) is 16.2. The standard InChI is InChI=1S/C27H35N5O2S/c1-19-14-20(2)17-31(16-19)18-22-6-4-21(5-7-22)15-28-25(33)12-13-32-26(29-30-27(32)35)23-8-10-24(34-3)11-9-23/h4-11,19-20H,12-18H2,1-3H3,(H,28,33)(H,30,35). The number of likely N-dealkylation sites (tertiary alicyclic amines) is 1. The predicted molar refractivity (Wildman–Crippen MR) is 141 cm³/mol. The second kappa shape index (κ2) is 11.6. The van der Waals surface area contributed by atoms with E-state index in [0.717, 1.165) is 35.3 Å². The van der Waals surface area contributed by atoms with Crippen molar-refractivity contribution in [2.75, 3.05) is 20.2 Å². The lowest BCUT2D eigenvalue weighted by Crippen LogP contribution is -2.38. The quantitative estimate of drug-likeness (QED) is 0.419. The topological polar surface area (TPSA) is 75.2 Å². The van der Waals surface area contributed by atoms with Crippen molar-refractivity contribution in [2.24, 2.45) is 11.8 Å². The van der Waals surface area contributed by atoms with Crippen LogP contribution in [0.15, 0.2) is 48.5 Å². The molecule has 0 bridgehead atoms. The fourth-order valence-electron chi connectivity index (χ4n) is 4.93. The van der Waals surface area contributed by atoms with E-state index in [0.29, 0.717) is 30.1 Å². The van der Waals surface area contributed by atoms with Gasteiger partial charge in [0.05, 0.1) is 7.11 Å². The smallest absolute Gasteiger partial charge is 0.222 e. The van der Waals surface area contributed by atoms with Gasteiger partial charge in [-0.3, -0.25) is 19.4 Å². The number of rotatable bonds is 9. The van der Waals surface area contributed by atoms with Crippen molar-refractivity contribution in [3.63, 3.8) is 0 Å². The molecule has 8 heteroatoms. The molecule has 2 heterocycles. The van der Waals surface area contributed by atoms with Crippen molar-refractivity contribution in [1.29, 1.82) is 0 Å². The molecule has 186 valence electrons. The predicted octanol–water partition coefficient (Wildman–Crippen LogP) is 4.80. The number of nitrogens with one attached hydrogen (secondary N) is 2. The number of ether oxygens (including phenoxy) is 1. The van der Waals surface area contributed by atoms with Gasteiger partial charge in [-0.05, 0) is 65.9 Å². The number of carbonyl (C=O) groups is 1. The molecule has 1 saturated heterocycles. The molecule has 2 aromatic carbocycles. The first kappa shape index (κ1) is 25.1. The second-order valence-corrected chi connectivity index (χ2v) is 10.1. The Morgan fingerprint density at radius 1 is 1.09 bits per heavy atom. The Labute approximate surface area is 212 Å². The van der Waals surface area contributed by atoms with Crippen LogP contribution in [0.4, 0.5) is 0 Å². The summed E-state index contributed by atoms with van der Waals surface area (Å²) < 4.78 is 7.57. The second-order valence-electron chi connectivity index (χ2n) is 9.72. The molecule has 1 aliphatic heterocycles.